The molecule has 1 rings (SSSR count). The van der Waals surface area contributed by atoms with Crippen molar-refractivity contribution in [1.29, 1.82) is 0 Å². The van der Waals surface area contributed by atoms with E-state index in [0.29, 0.717) is 11.8 Å². The Morgan fingerprint density at radius 1 is 1.61 bits per heavy atom. The van der Waals surface area contributed by atoms with Gasteiger partial charge in [-0.05, 0) is 29.8 Å². The van der Waals surface area contributed by atoms with Gasteiger partial charge in [0.1, 0.15) is 5.82 Å². The van der Waals surface area contributed by atoms with Gasteiger partial charge in [-0.25, -0.2) is 4.98 Å². The van der Waals surface area contributed by atoms with E-state index >= 15 is 0 Å². The van der Waals surface area contributed by atoms with Crippen LogP contribution in [0.2, 0.25) is 0 Å². The molecule has 6 nitrogen and oxygen atoms in total. The zero-order chi connectivity index (χ0) is 13.5. The minimum atomic E-state index is -0.257. The second-order valence-corrected chi connectivity index (χ2v) is 4.60. The molecular weight excluding hydrogens is 300 g/mol. The Hall–Kier alpha value is -1.37. The first kappa shape index (κ1) is 14.7. The number of nitrogens with one attached hydrogen (secondary N) is 2. The molecule has 1 unspecified atom stereocenters. The van der Waals surface area contributed by atoms with E-state index in [-0.39, 0.29) is 18.4 Å². The second kappa shape index (κ2) is 7.15. The molecule has 0 aliphatic heterocycles. The minimum Gasteiger partial charge on any atom is -0.469 e. The van der Waals surface area contributed by atoms with Crippen molar-refractivity contribution in [2.45, 2.75) is 26.3 Å². The summed E-state index contributed by atoms with van der Waals surface area (Å²) in [5.41, 5.74) is 0. The number of rotatable bonds is 6. The van der Waals surface area contributed by atoms with E-state index in [9.17, 15) is 4.79 Å². The number of carbonyl (C=O) groups excluding carboxylic acids is 1. The molecule has 1 aromatic rings. The molecule has 0 saturated carbocycles. The Morgan fingerprint density at radius 2 is 2.33 bits per heavy atom. The smallest absolute Gasteiger partial charge is 0.307 e. The highest BCUT2D eigenvalue weighted by atomic mass is 79.9. The fourth-order valence-corrected chi connectivity index (χ4v) is 1.63. The van der Waals surface area contributed by atoms with Gasteiger partial charge >= 0.3 is 5.97 Å². The van der Waals surface area contributed by atoms with E-state index in [1.165, 1.54) is 7.11 Å². The van der Waals surface area contributed by atoms with Crippen molar-refractivity contribution in [2.24, 2.45) is 0 Å². The number of hydrogen-bond donors (Lipinski definition) is 2. The van der Waals surface area contributed by atoms with E-state index in [1.807, 2.05) is 13.8 Å². The molecule has 1 atom stereocenters. The van der Waals surface area contributed by atoms with Crippen LogP contribution < -0.4 is 10.6 Å². The molecule has 7 heteroatoms. The lowest BCUT2D eigenvalue weighted by Gasteiger charge is -2.15. The summed E-state index contributed by atoms with van der Waals surface area (Å²) >= 11 is 3.36. The van der Waals surface area contributed by atoms with Gasteiger partial charge in [0.2, 0.25) is 5.95 Å². The number of methoxy groups -OCH3 is 1. The van der Waals surface area contributed by atoms with Gasteiger partial charge in [0.15, 0.2) is 0 Å². The van der Waals surface area contributed by atoms with E-state index < -0.39 is 0 Å². The maximum Gasteiger partial charge on any atom is 0.307 e. The summed E-state index contributed by atoms with van der Waals surface area (Å²) in [6.45, 7) is 4.61. The third-order valence-electron chi connectivity index (χ3n) is 2.16. The summed E-state index contributed by atoms with van der Waals surface area (Å²) < 4.78 is 5.37. The Balaban J connectivity index is 2.70. The number of hydrogen-bond acceptors (Lipinski definition) is 6. The molecule has 0 aliphatic carbocycles. The Morgan fingerprint density at radius 3 is 2.94 bits per heavy atom. The van der Waals surface area contributed by atoms with Gasteiger partial charge in [-0.2, -0.15) is 4.98 Å². The van der Waals surface area contributed by atoms with Gasteiger partial charge in [-0.15, -0.1) is 0 Å². The van der Waals surface area contributed by atoms with Crippen LogP contribution in [0.15, 0.2) is 10.7 Å². The predicted octanol–water partition coefficient (Wildman–Crippen LogP) is 2.03. The SMILES string of the molecule is CCNc1ncc(Br)c(NC(C)CC(=O)OC)n1. The van der Waals surface area contributed by atoms with Crippen LogP contribution in [-0.2, 0) is 9.53 Å². The molecule has 2 N–H and O–H groups in total. The van der Waals surface area contributed by atoms with Gasteiger partial charge in [0.25, 0.3) is 0 Å². The Kier molecular flexibility index (Phi) is 5.84. The number of nitrogens with zero attached hydrogens (tertiary/aromatic N) is 2. The van der Waals surface area contributed by atoms with Crippen LogP contribution in [0.5, 0.6) is 0 Å². The van der Waals surface area contributed by atoms with Crippen molar-refractivity contribution in [2.75, 3.05) is 24.3 Å². The van der Waals surface area contributed by atoms with Crippen molar-refractivity contribution in [3.8, 4) is 0 Å². The van der Waals surface area contributed by atoms with Crippen LogP contribution in [0.3, 0.4) is 0 Å². The third-order valence-corrected chi connectivity index (χ3v) is 2.74. The summed E-state index contributed by atoms with van der Waals surface area (Å²) in [5.74, 6) is 0.943. The Bertz CT molecular complexity index is 414. The normalized spacial score (nSPS) is 11.8. The summed E-state index contributed by atoms with van der Waals surface area (Å²) in [7, 11) is 1.37. The van der Waals surface area contributed by atoms with Crippen LogP contribution in [0, 0.1) is 0 Å². The monoisotopic (exact) mass is 316 g/mol. The molecule has 0 aliphatic rings. The van der Waals surface area contributed by atoms with E-state index in [1.54, 1.807) is 6.20 Å². The molecule has 100 valence electrons. The van der Waals surface area contributed by atoms with Gasteiger partial charge in [-0.1, -0.05) is 0 Å². The first-order valence-electron chi connectivity index (χ1n) is 5.66. The van der Waals surface area contributed by atoms with Gasteiger partial charge in [0.05, 0.1) is 18.0 Å². The van der Waals surface area contributed by atoms with Crippen molar-refractivity contribution in [3.63, 3.8) is 0 Å². The number of halogens is 1. The first-order valence-corrected chi connectivity index (χ1v) is 6.45. The summed E-state index contributed by atoms with van der Waals surface area (Å²) in [6.07, 6.45) is 1.95. The first-order chi connectivity index (χ1) is 8.56. The van der Waals surface area contributed by atoms with Crippen molar-refractivity contribution >= 4 is 33.7 Å². The number of carbonyl (C=O) groups is 1. The van der Waals surface area contributed by atoms with Crippen molar-refractivity contribution in [1.82, 2.24) is 9.97 Å². The summed E-state index contributed by atoms with van der Waals surface area (Å²) in [5, 5.41) is 6.16. The molecule has 0 fully saturated rings. The number of anilines is 2. The van der Waals surface area contributed by atoms with Crippen molar-refractivity contribution in [3.05, 3.63) is 10.7 Å². The minimum absolute atomic E-state index is 0.0712. The average molecular weight is 317 g/mol. The quantitative estimate of drug-likeness (QED) is 0.782. The number of aromatic nitrogens is 2. The molecule has 0 radical (unpaired) electrons. The lowest BCUT2D eigenvalue weighted by Crippen LogP contribution is -2.21. The molecule has 1 aromatic heterocycles. The van der Waals surface area contributed by atoms with Crippen molar-refractivity contribution < 1.29 is 9.53 Å². The lowest BCUT2D eigenvalue weighted by atomic mass is 10.2. The molecule has 0 spiro atoms. The van der Waals surface area contributed by atoms with Gasteiger partial charge in [0, 0.05) is 18.8 Å². The second-order valence-electron chi connectivity index (χ2n) is 3.75. The van der Waals surface area contributed by atoms with Gasteiger partial charge in [-0.3, -0.25) is 4.79 Å². The standard InChI is InChI=1S/C11H17BrN4O2/c1-4-13-11-14-6-8(12)10(16-11)15-7(2)5-9(17)18-3/h6-7H,4-5H2,1-3H3,(H2,13,14,15,16). The van der Waals surface area contributed by atoms with E-state index in [2.05, 4.69) is 41.3 Å². The third kappa shape index (κ3) is 4.48. The highest BCUT2D eigenvalue weighted by Gasteiger charge is 2.12. The van der Waals surface area contributed by atoms with Crippen LogP contribution in [0.4, 0.5) is 11.8 Å². The van der Waals surface area contributed by atoms with Gasteiger partial charge < -0.3 is 15.4 Å². The number of esters is 1. The fourth-order valence-electron chi connectivity index (χ4n) is 1.33. The fraction of sp³-hybridized carbons (Fsp3) is 0.545. The zero-order valence-electron chi connectivity index (χ0n) is 10.7. The maximum absolute atomic E-state index is 11.1. The molecule has 0 aromatic carbocycles. The predicted molar refractivity (Wildman–Crippen MR) is 73.6 cm³/mol. The maximum atomic E-state index is 11.1. The average Bonchev–Trinajstić information content (AvgIpc) is 2.33. The topological polar surface area (TPSA) is 76.1 Å². The highest BCUT2D eigenvalue weighted by Crippen LogP contribution is 2.21. The van der Waals surface area contributed by atoms with Crippen LogP contribution in [0.25, 0.3) is 0 Å². The molecule has 0 bridgehead atoms. The van der Waals surface area contributed by atoms with E-state index in [4.69, 9.17) is 0 Å². The summed E-state index contributed by atoms with van der Waals surface area (Å²) in [4.78, 5) is 19.6. The molecule has 0 saturated heterocycles. The Labute approximate surface area is 115 Å². The number of ether oxygens (including phenoxy) is 1. The lowest BCUT2D eigenvalue weighted by molar-refractivity contribution is -0.140. The zero-order valence-corrected chi connectivity index (χ0v) is 12.2. The van der Waals surface area contributed by atoms with E-state index in [0.717, 1.165) is 11.0 Å². The summed E-state index contributed by atoms with van der Waals surface area (Å²) in [6, 6.07) is -0.0712. The molecule has 18 heavy (non-hydrogen) atoms. The highest BCUT2D eigenvalue weighted by molar-refractivity contribution is 9.10. The van der Waals surface area contributed by atoms with Crippen LogP contribution in [0.1, 0.15) is 20.3 Å². The van der Waals surface area contributed by atoms with Crippen LogP contribution in [-0.4, -0.2) is 35.6 Å². The molecule has 0 amide bonds. The molecule has 1 heterocycles. The largest absolute Gasteiger partial charge is 0.469 e. The van der Waals surface area contributed by atoms with Crippen LogP contribution >= 0.6 is 15.9 Å². The molecular formula is C11H17BrN4O2.